The Balaban J connectivity index is 2.40. The van der Waals surface area contributed by atoms with E-state index >= 15 is 0 Å². The number of benzene rings is 3. The molecule has 3 rings (SSSR count). The Morgan fingerprint density at radius 2 is 1.76 bits per heavy atom. The van der Waals surface area contributed by atoms with Crippen LogP contribution in [0.3, 0.4) is 0 Å². The predicted molar refractivity (Wildman–Crippen MR) is 72.4 cm³/mol. The molecule has 0 aliphatic carbocycles. The molecule has 17 heavy (non-hydrogen) atoms. The van der Waals surface area contributed by atoms with Crippen LogP contribution < -0.4 is 10.5 Å². The fourth-order valence-corrected chi connectivity index (χ4v) is 2.15. The maximum Gasteiger partial charge on any atom is 0.119 e. The highest BCUT2D eigenvalue weighted by molar-refractivity contribution is 6.03. The van der Waals surface area contributed by atoms with Crippen LogP contribution in [0.1, 0.15) is 0 Å². The van der Waals surface area contributed by atoms with Crippen molar-refractivity contribution >= 4 is 27.2 Å². The van der Waals surface area contributed by atoms with E-state index in [1.54, 1.807) is 7.11 Å². The largest absolute Gasteiger partial charge is 0.497 e. The van der Waals surface area contributed by atoms with Crippen molar-refractivity contribution in [2.75, 3.05) is 12.8 Å². The molecule has 2 N–H and O–H groups in total. The monoisotopic (exact) mass is 223 g/mol. The number of nitrogen functional groups attached to an aromatic ring is 1. The molecule has 0 amide bonds. The first-order chi connectivity index (χ1) is 8.28. The van der Waals surface area contributed by atoms with E-state index in [9.17, 15) is 0 Å². The molecule has 3 aromatic rings. The molecule has 0 bridgehead atoms. The van der Waals surface area contributed by atoms with Gasteiger partial charge in [-0.15, -0.1) is 0 Å². The lowest BCUT2D eigenvalue weighted by Crippen LogP contribution is -1.87. The van der Waals surface area contributed by atoms with Gasteiger partial charge in [0.15, 0.2) is 0 Å². The van der Waals surface area contributed by atoms with Gasteiger partial charge in [-0.25, -0.2) is 0 Å². The van der Waals surface area contributed by atoms with Crippen molar-refractivity contribution in [3.63, 3.8) is 0 Å². The lowest BCUT2D eigenvalue weighted by Gasteiger charge is -2.06. The highest BCUT2D eigenvalue weighted by Crippen LogP contribution is 2.28. The quantitative estimate of drug-likeness (QED) is 0.505. The molecule has 0 heterocycles. The number of nitrogens with two attached hydrogens (primary N) is 1. The molecule has 0 fully saturated rings. The second-order valence-corrected chi connectivity index (χ2v) is 4.13. The van der Waals surface area contributed by atoms with E-state index in [1.807, 2.05) is 24.3 Å². The smallest absolute Gasteiger partial charge is 0.119 e. The molecular formula is C15H13NO. The fourth-order valence-electron chi connectivity index (χ4n) is 2.15. The van der Waals surface area contributed by atoms with Crippen LogP contribution >= 0.6 is 0 Å². The second-order valence-electron chi connectivity index (χ2n) is 4.13. The number of ether oxygens (including phenoxy) is 1. The third kappa shape index (κ3) is 1.58. The van der Waals surface area contributed by atoms with Crippen molar-refractivity contribution in [2.45, 2.75) is 0 Å². The summed E-state index contributed by atoms with van der Waals surface area (Å²) in [5.74, 6) is 0.867. The van der Waals surface area contributed by atoms with E-state index in [0.717, 1.165) is 22.2 Å². The number of hydrogen-bond acceptors (Lipinski definition) is 2. The minimum absolute atomic E-state index is 0.812. The molecule has 2 nitrogen and oxygen atoms in total. The zero-order valence-electron chi connectivity index (χ0n) is 9.60. The van der Waals surface area contributed by atoms with Crippen LogP contribution in [0.15, 0.2) is 48.5 Å². The van der Waals surface area contributed by atoms with Gasteiger partial charge < -0.3 is 10.5 Å². The van der Waals surface area contributed by atoms with Crippen LogP contribution in [0.25, 0.3) is 21.5 Å². The molecule has 0 unspecified atom stereocenters. The Bertz CT molecular complexity index is 704. The average Bonchev–Trinajstić information content (AvgIpc) is 2.37. The molecular weight excluding hydrogens is 210 g/mol. The van der Waals surface area contributed by atoms with Crippen molar-refractivity contribution < 1.29 is 4.74 Å². The van der Waals surface area contributed by atoms with Gasteiger partial charge in [0.1, 0.15) is 5.75 Å². The topological polar surface area (TPSA) is 35.2 Å². The third-order valence-electron chi connectivity index (χ3n) is 3.08. The molecule has 0 saturated carbocycles. The SMILES string of the molecule is COc1ccc2cc3cccc(N)c3cc2c1. The van der Waals surface area contributed by atoms with Crippen LogP contribution in [0.2, 0.25) is 0 Å². The predicted octanol–water partition coefficient (Wildman–Crippen LogP) is 3.58. The summed E-state index contributed by atoms with van der Waals surface area (Å²) in [6, 6.07) is 16.3. The van der Waals surface area contributed by atoms with Gasteiger partial charge in [-0.1, -0.05) is 18.2 Å². The molecule has 0 saturated heterocycles. The Morgan fingerprint density at radius 1 is 0.882 bits per heavy atom. The van der Waals surface area contributed by atoms with Crippen molar-refractivity contribution in [1.29, 1.82) is 0 Å². The zero-order valence-corrected chi connectivity index (χ0v) is 9.60. The fraction of sp³-hybridized carbons (Fsp3) is 0.0667. The summed E-state index contributed by atoms with van der Waals surface area (Å²) in [5.41, 5.74) is 6.80. The van der Waals surface area contributed by atoms with E-state index in [1.165, 1.54) is 10.8 Å². The first-order valence-corrected chi connectivity index (χ1v) is 5.54. The van der Waals surface area contributed by atoms with Gasteiger partial charge in [-0.2, -0.15) is 0 Å². The van der Waals surface area contributed by atoms with Gasteiger partial charge in [0, 0.05) is 11.1 Å². The molecule has 2 heteroatoms. The summed E-state index contributed by atoms with van der Waals surface area (Å²) in [6.45, 7) is 0. The van der Waals surface area contributed by atoms with Crippen LogP contribution in [0.5, 0.6) is 5.75 Å². The first-order valence-electron chi connectivity index (χ1n) is 5.54. The third-order valence-corrected chi connectivity index (χ3v) is 3.08. The summed E-state index contributed by atoms with van der Waals surface area (Å²) < 4.78 is 5.23. The molecule has 0 atom stereocenters. The van der Waals surface area contributed by atoms with Crippen LogP contribution in [-0.4, -0.2) is 7.11 Å². The number of methoxy groups -OCH3 is 1. The van der Waals surface area contributed by atoms with Crippen molar-refractivity contribution in [1.82, 2.24) is 0 Å². The molecule has 0 aromatic heterocycles. The Kier molecular flexibility index (Phi) is 2.15. The molecule has 0 spiro atoms. The van der Waals surface area contributed by atoms with Crippen LogP contribution in [0, 0.1) is 0 Å². The number of hydrogen-bond donors (Lipinski definition) is 1. The molecule has 0 aliphatic rings. The summed E-state index contributed by atoms with van der Waals surface area (Å²) in [7, 11) is 1.68. The summed E-state index contributed by atoms with van der Waals surface area (Å²) >= 11 is 0. The summed E-state index contributed by atoms with van der Waals surface area (Å²) in [6.07, 6.45) is 0. The van der Waals surface area contributed by atoms with Crippen LogP contribution in [-0.2, 0) is 0 Å². The van der Waals surface area contributed by atoms with Crippen molar-refractivity contribution in [3.05, 3.63) is 48.5 Å². The normalized spacial score (nSPS) is 10.9. The molecule has 84 valence electrons. The zero-order chi connectivity index (χ0) is 11.8. The van der Waals surface area contributed by atoms with Crippen LogP contribution in [0.4, 0.5) is 5.69 Å². The molecule has 3 aromatic carbocycles. The standard InChI is InChI=1S/C15H13NO/c1-17-13-6-5-10-7-11-3-2-4-15(16)14(11)9-12(10)8-13/h2-9H,16H2,1H3. The summed E-state index contributed by atoms with van der Waals surface area (Å²) in [5, 5.41) is 4.61. The van der Waals surface area contributed by atoms with E-state index in [2.05, 4.69) is 24.3 Å². The Morgan fingerprint density at radius 3 is 2.59 bits per heavy atom. The number of rotatable bonds is 1. The minimum Gasteiger partial charge on any atom is -0.497 e. The Labute approximate surface area is 99.6 Å². The van der Waals surface area contributed by atoms with Gasteiger partial charge in [0.05, 0.1) is 7.11 Å². The molecule has 0 radical (unpaired) electrons. The number of anilines is 1. The highest BCUT2D eigenvalue weighted by atomic mass is 16.5. The lowest BCUT2D eigenvalue weighted by atomic mass is 10.0. The second kappa shape index (κ2) is 3.67. The Hall–Kier alpha value is -2.22. The van der Waals surface area contributed by atoms with Gasteiger partial charge in [0.2, 0.25) is 0 Å². The van der Waals surface area contributed by atoms with Crippen molar-refractivity contribution in [2.24, 2.45) is 0 Å². The number of fused-ring (bicyclic) bond motifs is 2. The first kappa shape index (κ1) is 9.97. The highest BCUT2D eigenvalue weighted by Gasteiger charge is 2.01. The van der Waals surface area contributed by atoms with Gasteiger partial charge in [0.25, 0.3) is 0 Å². The maximum absolute atomic E-state index is 5.99. The van der Waals surface area contributed by atoms with Gasteiger partial charge in [-0.3, -0.25) is 0 Å². The van der Waals surface area contributed by atoms with E-state index in [0.29, 0.717) is 0 Å². The minimum atomic E-state index is 0.812. The van der Waals surface area contributed by atoms with Crippen molar-refractivity contribution in [3.8, 4) is 5.75 Å². The lowest BCUT2D eigenvalue weighted by molar-refractivity contribution is 0.415. The summed E-state index contributed by atoms with van der Waals surface area (Å²) in [4.78, 5) is 0. The maximum atomic E-state index is 5.99. The average molecular weight is 223 g/mol. The molecule has 0 aliphatic heterocycles. The van der Waals surface area contributed by atoms with E-state index in [4.69, 9.17) is 10.5 Å². The van der Waals surface area contributed by atoms with Gasteiger partial charge in [-0.05, 0) is 46.5 Å². The van der Waals surface area contributed by atoms with Gasteiger partial charge >= 0.3 is 0 Å². The van der Waals surface area contributed by atoms with E-state index in [-0.39, 0.29) is 0 Å². The van der Waals surface area contributed by atoms with E-state index < -0.39 is 0 Å².